The van der Waals surface area contributed by atoms with Crippen molar-refractivity contribution in [3.63, 3.8) is 0 Å². The average molecular weight is 422 g/mol. The maximum atomic E-state index is 12.7. The number of nitrogens with one attached hydrogen (secondary N) is 4. The second-order valence-electron chi connectivity index (χ2n) is 8.20. The SMILES string of the molecule is Cc1ccc([C@@H]2CCN[C@@H](C(=O)N[C@@H](C)C(=O)NCc3ccc(C(=N)N)cc3)C2)cc1. The number of nitrogens with two attached hydrogens (primary N) is 1. The Hall–Kier alpha value is -3.19. The first-order valence-corrected chi connectivity index (χ1v) is 10.6. The predicted molar refractivity (Wildman–Crippen MR) is 122 cm³/mol. The highest BCUT2D eigenvalue weighted by Crippen LogP contribution is 2.28. The summed E-state index contributed by atoms with van der Waals surface area (Å²) in [5, 5.41) is 16.4. The Balaban J connectivity index is 1.49. The molecule has 7 nitrogen and oxygen atoms in total. The summed E-state index contributed by atoms with van der Waals surface area (Å²) in [5.41, 5.74) is 9.46. The summed E-state index contributed by atoms with van der Waals surface area (Å²) >= 11 is 0. The highest BCUT2D eigenvalue weighted by Gasteiger charge is 2.29. The molecule has 0 saturated carbocycles. The number of benzene rings is 2. The summed E-state index contributed by atoms with van der Waals surface area (Å²) in [7, 11) is 0. The van der Waals surface area contributed by atoms with Crippen LogP contribution in [0.4, 0.5) is 0 Å². The van der Waals surface area contributed by atoms with E-state index >= 15 is 0 Å². The Morgan fingerprint density at radius 1 is 1.16 bits per heavy atom. The smallest absolute Gasteiger partial charge is 0.242 e. The van der Waals surface area contributed by atoms with E-state index in [4.69, 9.17) is 11.1 Å². The van der Waals surface area contributed by atoms with Gasteiger partial charge in [-0.05, 0) is 50.3 Å². The summed E-state index contributed by atoms with van der Waals surface area (Å²) in [6, 6.07) is 14.7. The van der Waals surface area contributed by atoms with Crippen molar-refractivity contribution in [2.24, 2.45) is 5.73 Å². The molecule has 0 aliphatic carbocycles. The first-order valence-electron chi connectivity index (χ1n) is 10.6. The molecule has 164 valence electrons. The van der Waals surface area contributed by atoms with Gasteiger partial charge < -0.3 is 21.7 Å². The van der Waals surface area contributed by atoms with E-state index < -0.39 is 6.04 Å². The molecule has 3 atom stereocenters. The maximum Gasteiger partial charge on any atom is 0.242 e. The number of amidine groups is 1. The van der Waals surface area contributed by atoms with Gasteiger partial charge in [0.25, 0.3) is 0 Å². The van der Waals surface area contributed by atoms with Crippen LogP contribution in [-0.2, 0) is 16.1 Å². The van der Waals surface area contributed by atoms with E-state index in [1.54, 1.807) is 19.1 Å². The Labute approximate surface area is 183 Å². The quantitative estimate of drug-likeness (QED) is 0.347. The van der Waals surface area contributed by atoms with Crippen molar-refractivity contribution >= 4 is 17.6 Å². The van der Waals surface area contributed by atoms with Crippen LogP contribution >= 0.6 is 0 Å². The molecule has 2 aromatic rings. The zero-order valence-corrected chi connectivity index (χ0v) is 18.1. The Kier molecular flexibility index (Phi) is 7.41. The number of piperidine rings is 1. The van der Waals surface area contributed by atoms with Gasteiger partial charge in [0, 0.05) is 12.1 Å². The molecule has 2 aromatic carbocycles. The van der Waals surface area contributed by atoms with Gasteiger partial charge in [0.05, 0.1) is 6.04 Å². The minimum Gasteiger partial charge on any atom is -0.384 e. The lowest BCUT2D eigenvalue weighted by Gasteiger charge is -2.30. The van der Waals surface area contributed by atoms with Crippen molar-refractivity contribution < 1.29 is 9.59 Å². The van der Waals surface area contributed by atoms with Crippen molar-refractivity contribution in [3.8, 4) is 0 Å². The molecule has 1 aliphatic heterocycles. The third-order valence-corrected chi connectivity index (χ3v) is 5.75. The second kappa shape index (κ2) is 10.2. The fourth-order valence-corrected chi connectivity index (χ4v) is 3.78. The van der Waals surface area contributed by atoms with E-state index in [0.29, 0.717) is 24.4 Å². The van der Waals surface area contributed by atoms with Crippen LogP contribution < -0.4 is 21.7 Å². The zero-order chi connectivity index (χ0) is 22.4. The molecular weight excluding hydrogens is 390 g/mol. The lowest BCUT2D eigenvalue weighted by atomic mass is 9.86. The number of rotatable bonds is 7. The van der Waals surface area contributed by atoms with Crippen LogP contribution in [0.2, 0.25) is 0 Å². The summed E-state index contributed by atoms with van der Waals surface area (Å²) < 4.78 is 0. The van der Waals surface area contributed by atoms with E-state index in [9.17, 15) is 9.59 Å². The van der Waals surface area contributed by atoms with Gasteiger partial charge in [-0.25, -0.2) is 0 Å². The average Bonchev–Trinajstić information content (AvgIpc) is 2.78. The molecule has 0 spiro atoms. The first-order chi connectivity index (χ1) is 14.8. The number of hydrogen-bond acceptors (Lipinski definition) is 4. The molecule has 1 fully saturated rings. The predicted octanol–water partition coefficient (Wildman–Crippen LogP) is 1.94. The maximum absolute atomic E-state index is 12.7. The van der Waals surface area contributed by atoms with Gasteiger partial charge in [0.1, 0.15) is 11.9 Å². The molecule has 6 N–H and O–H groups in total. The van der Waals surface area contributed by atoms with Gasteiger partial charge in [-0.2, -0.15) is 0 Å². The van der Waals surface area contributed by atoms with E-state index in [0.717, 1.165) is 18.5 Å². The molecule has 2 amide bonds. The Morgan fingerprint density at radius 2 is 1.84 bits per heavy atom. The number of amides is 2. The van der Waals surface area contributed by atoms with Gasteiger partial charge in [-0.3, -0.25) is 15.0 Å². The largest absolute Gasteiger partial charge is 0.384 e. The first kappa shape index (κ1) is 22.5. The summed E-state index contributed by atoms with van der Waals surface area (Å²) in [6.07, 6.45) is 1.71. The molecule has 0 aromatic heterocycles. The van der Waals surface area contributed by atoms with Crippen LogP contribution in [-0.4, -0.2) is 36.3 Å². The van der Waals surface area contributed by atoms with Crippen molar-refractivity contribution in [2.45, 2.75) is 51.2 Å². The zero-order valence-electron chi connectivity index (χ0n) is 18.1. The lowest BCUT2D eigenvalue weighted by molar-refractivity contribution is -0.130. The number of carbonyl (C=O) groups is 2. The minimum atomic E-state index is -0.634. The fraction of sp³-hybridized carbons (Fsp3) is 0.375. The molecule has 0 radical (unpaired) electrons. The van der Waals surface area contributed by atoms with Gasteiger partial charge in [0.2, 0.25) is 11.8 Å². The van der Waals surface area contributed by atoms with Crippen molar-refractivity contribution in [1.29, 1.82) is 5.41 Å². The summed E-state index contributed by atoms with van der Waals surface area (Å²) in [6.45, 7) is 4.87. The van der Waals surface area contributed by atoms with Crippen LogP contribution in [0.5, 0.6) is 0 Å². The van der Waals surface area contributed by atoms with Crippen molar-refractivity contribution in [3.05, 3.63) is 70.8 Å². The van der Waals surface area contributed by atoms with E-state index in [1.165, 1.54) is 11.1 Å². The van der Waals surface area contributed by atoms with Gasteiger partial charge in [0.15, 0.2) is 0 Å². The number of aryl methyl sites for hydroxylation is 1. The molecule has 1 heterocycles. The molecular formula is C24H31N5O2. The van der Waals surface area contributed by atoms with Gasteiger partial charge in [-0.15, -0.1) is 0 Å². The lowest BCUT2D eigenvalue weighted by Crippen LogP contribution is -2.53. The summed E-state index contributed by atoms with van der Waals surface area (Å²) in [4.78, 5) is 25.2. The highest BCUT2D eigenvalue weighted by atomic mass is 16.2. The standard InChI is InChI=1S/C24H31N5O2/c1-15-3-7-18(8-4-15)20-11-12-27-21(13-20)24(31)29-16(2)23(30)28-14-17-5-9-19(10-6-17)22(25)26/h3-10,16,20-21,27H,11-14H2,1-2H3,(H3,25,26)(H,28,30)(H,29,31)/t16-,20+,21+/m0/s1. The van der Waals surface area contributed by atoms with Crippen LogP contribution in [0.3, 0.4) is 0 Å². The second-order valence-corrected chi connectivity index (χ2v) is 8.20. The van der Waals surface area contributed by atoms with E-state index in [2.05, 4.69) is 47.1 Å². The van der Waals surface area contributed by atoms with Crippen molar-refractivity contribution in [2.75, 3.05) is 6.54 Å². The molecule has 31 heavy (non-hydrogen) atoms. The highest BCUT2D eigenvalue weighted by molar-refractivity contribution is 5.95. The molecule has 7 heteroatoms. The minimum absolute atomic E-state index is 0.00728. The monoisotopic (exact) mass is 421 g/mol. The Bertz CT molecular complexity index is 924. The van der Waals surface area contributed by atoms with Gasteiger partial charge >= 0.3 is 0 Å². The van der Waals surface area contributed by atoms with Crippen LogP contribution in [0.15, 0.2) is 48.5 Å². The third-order valence-electron chi connectivity index (χ3n) is 5.75. The molecule has 3 rings (SSSR count). The van der Waals surface area contributed by atoms with Crippen LogP contribution in [0, 0.1) is 12.3 Å². The molecule has 0 unspecified atom stereocenters. The molecule has 1 saturated heterocycles. The summed E-state index contributed by atoms with van der Waals surface area (Å²) in [5.74, 6) is -0.0484. The van der Waals surface area contributed by atoms with Crippen molar-refractivity contribution in [1.82, 2.24) is 16.0 Å². The van der Waals surface area contributed by atoms with E-state index in [1.807, 2.05) is 12.1 Å². The van der Waals surface area contributed by atoms with Crippen LogP contribution in [0.1, 0.15) is 47.9 Å². The van der Waals surface area contributed by atoms with Crippen LogP contribution in [0.25, 0.3) is 0 Å². The number of hydrogen-bond donors (Lipinski definition) is 5. The fourth-order valence-electron chi connectivity index (χ4n) is 3.78. The topological polar surface area (TPSA) is 120 Å². The third kappa shape index (κ3) is 6.15. The Morgan fingerprint density at radius 3 is 2.48 bits per heavy atom. The number of nitrogen functional groups attached to an aromatic ring is 1. The van der Waals surface area contributed by atoms with Gasteiger partial charge in [-0.1, -0.05) is 54.1 Å². The number of carbonyl (C=O) groups excluding carboxylic acids is 2. The normalized spacial score (nSPS) is 19.3. The van der Waals surface area contributed by atoms with E-state index in [-0.39, 0.29) is 23.7 Å². The molecule has 1 aliphatic rings. The molecule has 0 bridgehead atoms.